The Morgan fingerprint density at radius 2 is 1.83 bits per heavy atom. The zero-order chi connectivity index (χ0) is 20.8. The third kappa shape index (κ3) is 3.10. The summed E-state index contributed by atoms with van der Waals surface area (Å²) >= 11 is 0. The van der Waals surface area contributed by atoms with Gasteiger partial charge in [0.25, 0.3) is 0 Å². The fraction of sp³-hybridized carbons (Fsp3) is 0.500. The van der Waals surface area contributed by atoms with E-state index in [0.717, 1.165) is 12.8 Å². The molecule has 0 radical (unpaired) electrons. The first-order valence-electron chi connectivity index (χ1n) is 9.61. The van der Waals surface area contributed by atoms with E-state index < -0.39 is 36.0 Å². The summed E-state index contributed by atoms with van der Waals surface area (Å²) in [6.45, 7) is -0.514. The van der Waals surface area contributed by atoms with Crippen LogP contribution in [0.1, 0.15) is 25.7 Å². The van der Waals surface area contributed by atoms with Crippen LogP contribution in [0.5, 0.6) is 0 Å². The van der Waals surface area contributed by atoms with E-state index in [1.807, 2.05) is 0 Å². The van der Waals surface area contributed by atoms with E-state index in [1.165, 1.54) is 12.0 Å². The summed E-state index contributed by atoms with van der Waals surface area (Å²) in [5, 5.41) is 2.81. The molecule has 9 nitrogen and oxygen atoms in total. The van der Waals surface area contributed by atoms with Gasteiger partial charge in [-0.15, -0.1) is 0 Å². The molecular weight excluding hydrogens is 378 g/mol. The molecule has 3 aliphatic carbocycles. The Morgan fingerprint density at radius 1 is 1.17 bits per heavy atom. The lowest BCUT2D eigenvalue weighted by atomic mass is 9.55. The molecule has 1 aliphatic heterocycles. The number of methoxy groups -OCH3 is 1. The van der Waals surface area contributed by atoms with Crippen LogP contribution in [0.2, 0.25) is 0 Å². The Hall–Kier alpha value is -3.10. The van der Waals surface area contributed by atoms with Crippen LogP contribution in [0, 0.1) is 17.8 Å². The fourth-order valence-electron chi connectivity index (χ4n) is 5.08. The van der Waals surface area contributed by atoms with Crippen molar-refractivity contribution in [2.24, 2.45) is 17.8 Å². The van der Waals surface area contributed by atoms with Gasteiger partial charge in [-0.25, -0.2) is 14.5 Å². The molecule has 4 fully saturated rings. The molecule has 2 bridgehead atoms. The van der Waals surface area contributed by atoms with Crippen molar-refractivity contribution in [1.82, 2.24) is 5.32 Å². The predicted molar refractivity (Wildman–Crippen MR) is 102 cm³/mol. The Kier molecular flexibility index (Phi) is 4.68. The van der Waals surface area contributed by atoms with Gasteiger partial charge in [0.2, 0.25) is 11.8 Å². The van der Waals surface area contributed by atoms with Crippen LogP contribution >= 0.6 is 0 Å². The van der Waals surface area contributed by atoms with E-state index in [4.69, 9.17) is 10.5 Å². The summed E-state index contributed by atoms with van der Waals surface area (Å²) in [6, 6.07) is 6.58. The number of rotatable bonds is 4. The highest BCUT2D eigenvalue weighted by atomic mass is 16.6. The normalized spacial score (nSPS) is 30.1. The van der Waals surface area contributed by atoms with E-state index in [-0.39, 0.29) is 17.7 Å². The molecule has 1 saturated heterocycles. The quantitative estimate of drug-likeness (QED) is 0.441. The molecule has 3 N–H and O–H groups in total. The Bertz CT molecular complexity index is 859. The van der Waals surface area contributed by atoms with Crippen LogP contribution in [0.4, 0.5) is 16.2 Å². The van der Waals surface area contributed by atoms with Crippen molar-refractivity contribution in [2.75, 3.05) is 24.4 Å². The van der Waals surface area contributed by atoms with Crippen LogP contribution in [-0.2, 0) is 23.9 Å². The average molecular weight is 401 g/mol. The van der Waals surface area contributed by atoms with Crippen molar-refractivity contribution < 1.29 is 28.7 Å². The van der Waals surface area contributed by atoms with Gasteiger partial charge in [-0.05, 0) is 55.9 Å². The number of benzene rings is 1. The van der Waals surface area contributed by atoms with Crippen molar-refractivity contribution in [2.45, 2.75) is 31.2 Å². The van der Waals surface area contributed by atoms with Crippen LogP contribution < -0.4 is 16.0 Å². The minimum absolute atomic E-state index is 0.116. The second-order valence-corrected chi connectivity index (χ2v) is 7.88. The highest BCUT2D eigenvalue weighted by Crippen LogP contribution is 2.55. The monoisotopic (exact) mass is 401 g/mol. The van der Waals surface area contributed by atoms with Crippen molar-refractivity contribution in [1.29, 1.82) is 0 Å². The van der Waals surface area contributed by atoms with Crippen LogP contribution in [-0.4, -0.2) is 43.1 Å². The molecule has 154 valence electrons. The molecule has 29 heavy (non-hydrogen) atoms. The third-order valence-electron chi connectivity index (χ3n) is 6.43. The van der Waals surface area contributed by atoms with E-state index in [1.54, 1.807) is 24.3 Å². The molecule has 4 aliphatic rings. The maximum absolute atomic E-state index is 13.3. The van der Waals surface area contributed by atoms with Gasteiger partial charge in [-0.2, -0.15) is 0 Å². The number of nitrogens with zero attached hydrogens (tertiary/aromatic N) is 1. The molecule has 0 unspecified atom stereocenters. The number of hydrogen-bond acceptors (Lipinski definition) is 7. The number of nitrogen functional groups attached to an aromatic ring is 1. The van der Waals surface area contributed by atoms with Gasteiger partial charge in [0, 0.05) is 5.69 Å². The topological polar surface area (TPSA) is 128 Å². The van der Waals surface area contributed by atoms with Gasteiger partial charge in [0.1, 0.15) is 0 Å². The number of ether oxygens (including phenoxy) is 2. The lowest BCUT2D eigenvalue weighted by Gasteiger charge is -2.51. The summed E-state index contributed by atoms with van der Waals surface area (Å²) in [5.74, 6) is -2.23. The van der Waals surface area contributed by atoms with Gasteiger partial charge in [-0.3, -0.25) is 9.59 Å². The smallest absolute Gasteiger partial charge is 0.408 e. The van der Waals surface area contributed by atoms with Crippen LogP contribution in [0.3, 0.4) is 0 Å². The van der Waals surface area contributed by atoms with Gasteiger partial charge in [0.15, 0.2) is 6.61 Å². The molecule has 5 rings (SSSR count). The van der Waals surface area contributed by atoms with Crippen molar-refractivity contribution >= 4 is 35.3 Å². The van der Waals surface area contributed by atoms with Crippen molar-refractivity contribution in [3.63, 3.8) is 0 Å². The van der Waals surface area contributed by atoms with E-state index in [2.05, 4.69) is 10.1 Å². The second-order valence-electron chi connectivity index (χ2n) is 7.88. The van der Waals surface area contributed by atoms with Gasteiger partial charge >= 0.3 is 12.1 Å². The summed E-state index contributed by atoms with van der Waals surface area (Å²) < 4.78 is 9.39. The first kappa shape index (κ1) is 19.2. The summed E-state index contributed by atoms with van der Waals surface area (Å²) in [7, 11) is 1.20. The molecule has 1 heterocycles. The number of fused-ring (bicyclic) bond motifs is 2. The van der Waals surface area contributed by atoms with Crippen LogP contribution in [0.15, 0.2) is 24.3 Å². The molecule has 0 aromatic heterocycles. The molecule has 1 aromatic carbocycles. The lowest BCUT2D eigenvalue weighted by molar-refractivity contribution is -0.144. The van der Waals surface area contributed by atoms with E-state index in [0.29, 0.717) is 24.2 Å². The molecule has 9 heteroatoms. The van der Waals surface area contributed by atoms with Gasteiger partial charge in [-0.1, -0.05) is 0 Å². The zero-order valence-corrected chi connectivity index (χ0v) is 16.1. The number of amides is 3. The number of carbonyl (C=O) groups is 4. The fourth-order valence-corrected chi connectivity index (χ4v) is 5.08. The number of carbonyl (C=O) groups excluding carboxylic acids is 4. The maximum Gasteiger partial charge on any atom is 0.408 e. The largest absolute Gasteiger partial charge is 0.466 e. The maximum atomic E-state index is 13.3. The molecule has 3 saturated carbocycles. The minimum atomic E-state index is -0.859. The minimum Gasteiger partial charge on any atom is -0.466 e. The predicted octanol–water partition coefficient (Wildman–Crippen LogP) is 1.22. The first-order chi connectivity index (χ1) is 13.9. The Balaban J connectivity index is 1.60. The zero-order valence-electron chi connectivity index (χ0n) is 16.1. The molecule has 3 amide bonds. The standard InChI is InChI=1S/C20H23N3O6/c1-28-14(24)10-29-19(27)22-20-8-6-11(7-9-20)15-16(20)18(26)23(17(15)25)13-4-2-12(21)3-5-13/h2-5,11,15-16H,6-10,21H2,1H3,(H,22,27)/t11?,15-,16+,20?/m1/s1. The number of nitrogens with two attached hydrogens (primary N) is 1. The van der Waals surface area contributed by atoms with Gasteiger partial charge < -0.3 is 20.5 Å². The number of hydrogen-bond donors (Lipinski definition) is 2. The Labute approximate surface area is 167 Å². The lowest BCUT2D eigenvalue weighted by Crippen LogP contribution is -2.63. The number of alkyl carbamates (subject to hydrolysis) is 1. The highest BCUT2D eigenvalue weighted by molar-refractivity contribution is 6.23. The number of imide groups is 1. The van der Waals surface area contributed by atoms with Crippen LogP contribution in [0.25, 0.3) is 0 Å². The summed E-state index contributed by atoms with van der Waals surface area (Å²) in [6.07, 6.45) is 1.86. The molecule has 0 spiro atoms. The third-order valence-corrected chi connectivity index (χ3v) is 6.43. The molecule has 1 aromatic rings. The van der Waals surface area contributed by atoms with Crippen molar-refractivity contribution in [3.8, 4) is 0 Å². The molecular formula is C20H23N3O6. The number of anilines is 2. The first-order valence-corrected chi connectivity index (χ1v) is 9.61. The van der Waals surface area contributed by atoms with E-state index in [9.17, 15) is 19.2 Å². The summed E-state index contributed by atoms with van der Waals surface area (Å²) in [5.41, 5.74) is 5.88. The average Bonchev–Trinajstić information content (AvgIpc) is 3.00. The second kappa shape index (κ2) is 7.06. The van der Waals surface area contributed by atoms with E-state index >= 15 is 0 Å². The Morgan fingerprint density at radius 3 is 2.45 bits per heavy atom. The number of nitrogens with one attached hydrogen (secondary N) is 1. The van der Waals surface area contributed by atoms with Crippen molar-refractivity contribution in [3.05, 3.63) is 24.3 Å². The van der Waals surface area contributed by atoms with Gasteiger partial charge in [0.05, 0.1) is 30.2 Å². The SMILES string of the molecule is COC(=O)COC(=O)NC12CCC(CC1)[C@H]1C(=O)N(c3ccc(N)cc3)C(=O)[C@H]12. The summed E-state index contributed by atoms with van der Waals surface area (Å²) in [4.78, 5) is 51.3. The highest BCUT2D eigenvalue weighted by Gasteiger charge is 2.65. The molecule has 2 atom stereocenters. The number of esters is 1.